The molecule has 0 aliphatic heterocycles. The number of carbonyl (C=O) groups is 2. The van der Waals surface area contributed by atoms with Gasteiger partial charge in [0.15, 0.2) is 0 Å². The van der Waals surface area contributed by atoms with E-state index >= 15 is 0 Å². The summed E-state index contributed by atoms with van der Waals surface area (Å²) in [7, 11) is 1.70. The molecule has 4 nitrogen and oxygen atoms in total. The first-order valence-electron chi connectivity index (χ1n) is 5.50. The Morgan fingerprint density at radius 2 is 2.00 bits per heavy atom. The summed E-state index contributed by atoms with van der Waals surface area (Å²) in [5, 5.41) is 8.71. The van der Waals surface area contributed by atoms with Gasteiger partial charge in [0.25, 0.3) is 0 Å². The minimum Gasteiger partial charge on any atom is -0.481 e. The lowest BCUT2D eigenvalue weighted by Crippen LogP contribution is -2.30. The fourth-order valence-electron chi connectivity index (χ4n) is 1.56. The molecule has 0 heterocycles. The quantitative estimate of drug-likeness (QED) is 0.867. The van der Waals surface area contributed by atoms with Gasteiger partial charge in [0, 0.05) is 18.7 Å². The summed E-state index contributed by atoms with van der Waals surface area (Å²) in [6.07, 6.45) is -0.0302. The number of hydrogen-bond donors (Lipinski definition) is 1. The molecule has 0 aromatic heterocycles. The highest BCUT2D eigenvalue weighted by Crippen LogP contribution is 2.17. The Balaban J connectivity index is 2.91. The van der Waals surface area contributed by atoms with Crippen molar-refractivity contribution in [1.82, 2.24) is 0 Å². The van der Waals surface area contributed by atoms with E-state index in [-0.39, 0.29) is 18.2 Å². The molecule has 0 unspecified atom stereocenters. The SMILES string of the molecule is CC(C)C(=O)N(C)c1cccc(CC(=O)O)c1. The molecule has 0 atom stereocenters. The summed E-state index contributed by atoms with van der Waals surface area (Å²) in [5.41, 5.74) is 1.42. The number of anilines is 1. The maximum absolute atomic E-state index is 11.8. The highest BCUT2D eigenvalue weighted by atomic mass is 16.4. The van der Waals surface area contributed by atoms with E-state index in [2.05, 4.69) is 0 Å². The van der Waals surface area contributed by atoms with Crippen molar-refractivity contribution in [2.24, 2.45) is 5.92 Å². The van der Waals surface area contributed by atoms with Crippen LogP contribution in [-0.4, -0.2) is 24.0 Å². The Hall–Kier alpha value is -1.84. The lowest BCUT2D eigenvalue weighted by molar-refractivity contribution is -0.136. The fraction of sp³-hybridized carbons (Fsp3) is 0.385. The Bertz CT molecular complexity index is 426. The maximum atomic E-state index is 11.8. The van der Waals surface area contributed by atoms with Gasteiger partial charge in [-0.1, -0.05) is 26.0 Å². The van der Waals surface area contributed by atoms with Crippen LogP contribution in [0.3, 0.4) is 0 Å². The van der Waals surface area contributed by atoms with Crippen LogP contribution in [0.4, 0.5) is 5.69 Å². The monoisotopic (exact) mass is 235 g/mol. The van der Waals surface area contributed by atoms with Gasteiger partial charge in [0.05, 0.1) is 6.42 Å². The van der Waals surface area contributed by atoms with Crippen molar-refractivity contribution in [1.29, 1.82) is 0 Å². The van der Waals surface area contributed by atoms with Gasteiger partial charge in [-0.15, -0.1) is 0 Å². The smallest absolute Gasteiger partial charge is 0.307 e. The molecule has 1 aromatic rings. The largest absolute Gasteiger partial charge is 0.481 e. The normalized spacial score (nSPS) is 10.4. The van der Waals surface area contributed by atoms with Crippen LogP contribution in [0, 0.1) is 5.92 Å². The Kier molecular flexibility index (Phi) is 4.26. The van der Waals surface area contributed by atoms with Gasteiger partial charge < -0.3 is 10.0 Å². The average Bonchev–Trinajstić information content (AvgIpc) is 2.26. The van der Waals surface area contributed by atoms with E-state index < -0.39 is 5.97 Å². The van der Waals surface area contributed by atoms with E-state index in [9.17, 15) is 9.59 Å². The predicted octanol–water partition coefficient (Wildman–Crippen LogP) is 1.93. The zero-order valence-corrected chi connectivity index (χ0v) is 10.3. The van der Waals surface area contributed by atoms with Gasteiger partial charge >= 0.3 is 5.97 Å². The zero-order valence-electron chi connectivity index (χ0n) is 10.3. The number of nitrogens with zero attached hydrogens (tertiary/aromatic N) is 1. The second-order valence-electron chi connectivity index (χ2n) is 4.29. The number of carbonyl (C=O) groups excluding carboxylic acids is 1. The van der Waals surface area contributed by atoms with Crippen LogP contribution in [0.5, 0.6) is 0 Å². The second-order valence-corrected chi connectivity index (χ2v) is 4.29. The molecule has 92 valence electrons. The Labute approximate surface area is 101 Å². The van der Waals surface area contributed by atoms with E-state index in [0.29, 0.717) is 5.56 Å². The highest BCUT2D eigenvalue weighted by Gasteiger charge is 2.14. The molecule has 0 saturated heterocycles. The number of carboxylic acid groups (broad SMARTS) is 1. The van der Waals surface area contributed by atoms with E-state index in [1.807, 2.05) is 13.8 Å². The van der Waals surface area contributed by atoms with E-state index in [1.54, 1.807) is 36.2 Å². The lowest BCUT2D eigenvalue weighted by atomic mass is 10.1. The third-order valence-electron chi connectivity index (χ3n) is 2.48. The number of rotatable bonds is 4. The summed E-state index contributed by atoms with van der Waals surface area (Å²) < 4.78 is 0. The van der Waals surface area contributed by atoms with Crippen LogP contribution in [-0.2, 0) is 16.0 Å². The molecule has 0 aliphatic carbocycles. The van der Waals surface area contributed by atoms with Gasteiger partial charge in [-0.3, -0.25) is 9.59 Å². The van der Waals surface area contributed by atoms with Crippen molar-refractivity contribution in [3.8, 4) is 0 Å². The number of hydrogen-bond acceptors (Lipinski definition) is 2. The molecule has 4 heteroatoms. The van der Waals surface area contributed by atoms with Crippen molar-refractivity contribution in [2.75, 3.05) is 11.9 Å². The number of benzene rings is 1. The van der Waals surface area contributed by atoms with Gasteiger partial charge in [-0.25, -0.2) is 0 Å². The topological polar surface area (TPSA) is 57.6 Å². The average molecular weight is 235 g/mol. The van der Waals surface area contributed by atoms with Gasteiger partial charge in [0.1, 0.15) is 0 Å². The van der Waals surface area contributed by atoms with Gasteiger partial charge in [0.2, 0.25) is 5.91 Å². The molecular formula is C13H17NO3. The molecule has 0 saturated carbocycles. The van der Waals surface area contributed by atoms with E-state index in [1.165, 1.54) is 0 Å². The van der Waals surface area contributed by atoms with Crippen molar-refractivity contribution in [3.63, 3.8) is 0 Å². The van der Waals surface area contributed by atoms with E-state index in [4.69, 9.17) is 5.11 Å². The minimum atomic E-state index is -0.875. The van der Waals surface area contributed by atoms with Gasteiger partial charge in [-0.2, -0.15) is 0 Å². The molecule has 0 aliphatic rings. The maximum Gasteiger partial charge on any atom is 0.307 e. The molecule has 0 spiro atoms. The molecule has 0 radical (unpaired) electrons. The Morgan fingerprint density at radius 3 is 2.53 bits per heavy atom. The Morgan fingerprint density at radius 1 is 1.35 bits per heavy atom. The molecule has 1 amide bonds. The first-order valence-corrected chi connectivity index (χ1v) is 5.50. The molecular weight excluding hydrogens is 218 g/mol. The summed E-state index contributed by atoms with van der Waals surface area (Å²) in [6.45, 7) is 3.67. The third kappa shape index (κ3) is 3.59. The molecule has 17 heavy (non-hydrogen) atoms. The van der Waals surface area contributed by atoms with Crippen LogP contribution in [0.1, 0.15) is 19.4 Å². The number of aliphatic carboxylic acids is 1. The first-order chi connectivity index (χ1) is 7.91. The standard InChI is InChI=1S/C13H17NO3/c1-9(2)13(17)14(3)11-6-4-5-10(7-11)8-12(15)16/h4-7,9H,8H2,1-3H3,(H,15,16). The predicted molar refractivity (Wildman–Crippen MR) is 66.0 cm³/mol. The van der Waals surface area contributed by atoms with Crippen LogP contribution in [0.25, 0.3) is 0 Å². The van der Waals surface area contributed by atoms with Crippen LogP contribution < -0.4 is 4.90 Å². The van der Waals surface area contributed by atoms with Crippen LogP contribution in [0.2, 0.25) is 0 Å². The van der Waals surface area contributed by atoms with Crippen molar-refractivity contribution < 1.29 is 14.7 Å². The summed E-state index contributed by atoms with van der Waals surface area (Å²) in [6, 6.07) is 7.03. The molecule has 1 rings (SSSR count). The third-order valence-corrected chi connectivity index (χ3v) is 2.48. The fourth-order valence-corrected chi connectivity index (χ4v) is 1.56. The van der Waals surface area contributed by atoms with Crippen molar-refractivity contribution in [3.05, 3.63) is 29.8 Å². The highest BCUT2D eigenvalue weighted by molar-refractivity contribution is 5.94. The van der Waals surface area contributed by atoms with E-state index in [0.717, 1.165) is 5.69 Å². The molecule has 1 N–H and O–H groups in total. The molecule has 0 bridgehead atoms. The summed E-state index contributed by atoms with van der Waals surface area (Å²) >= 11 is 0. The zero-order chi connectivity index (χ0) is 13.0. The summed E-state index contributed by atoms with van der Waals surface area (Å²) in [4.78, 5) is 23.9. The van der Waals surface area contributed by atoms with Crippen LogP contribution in [0.15, 0.2) is 24.3 Å². The number of amides is 1. The first kappa shape index (κ1) is 13.2. The lowest BCUT2D eigenvalue weighted by Gasteiger charge is -2.20. The molecule has 0 fully saturated rings. The van der Waals surface area contributed by atoms with Gasteiger partial charge in [-0.05, 0) is 17.7 Å². The molecule has 1 aromatic carbocycles. The minimum absolute atomic E-state index is 0.0116. The number of carboxylic acids is 1. The van der Waals surface area contributed by atoms with Crippen molar-refractivity contribution >= 4 is 17.6 Å². The van der Waals surface area contributed by atoms with Crippen LogP contribution >= 0.6 is 0 Å². The second kappa shape index (κ2) is 5.48. The van der Waals surface area contributed by atoms with Crippen molar-refractivity contribution in [2.45, 2.75) is 20.3 Å². The summed E-state index contributed by atoms with van der Waals surface area (Å²) in [5.74, 6) is -0.944.